The number of aryl methyl sites for hydroxylation is 1. The van der Waals surface area contributed by atoms with Crippen LogP contribution in [0.25, 0.3) is 40.0 Å². The standard InChI is InChI=1S/C24H19N3O3/c1-27-11-17-19-16(9-12(3-2-8-28)14-6-7-25-22(14)19)23-20(21(17)24(27)30)15-10-13(29)4-5-18(15)26-23/h4-7,9,11,26,28H,2-3,8,10H2,1H3. The van der Waals surface area contributed by atoms with Crippen molar-refractivity contribution in [3.63, 3.8) is 0 Å². The third-order valence-electron chi connectivity index (χ3n) is 6.31. The Kier molecular flexibility index (Phi) is 3.47. The van der Waals surface area contributed by atoms with Gasteiger partial charge in [-0.3, -0.25) is 14.6 Å². The summed E-state index contributed by atoms with van der Waals surface area (Å²) < 4.78 is 0. The maximum absolute atomic E-state index is 13.1. The van der Waals surface area contributed by atoms with Crippen LogP contribution in [0.1, 0.15) is 33.6 Å². The Hall–Kier alpha value is -3.51. The molecule has 30 heavy (non-hydrogen) atoms. The van der Waals surface area contributed by atoms with Crippen molar-refractivity contribution < 1.29 is 14.7 Å². The lowest BCUT2D eigenvalue weighted by Crippen LogP contribution is -2.18. The summed E-state index contributed by atoms with van der Waals surface area (Å²) in [5.74, 6) is -0.0263. The number of hydrogen-bond acceptors (Lipinski definition) is 4. The highest BCUT2D eigenvalue weighted by Crippen LogP contribution is 2.37. The second-order valence-corrected chi connectivity index (χ2v) is 8.07. The van der Waals surface area contributed by atoms with Gasteiger partial charge in [0.05, 0.1) is 16.8 Å². The van der Waals surface area contributed by atoms with E-state index in [-0.39, 0.29) is 24.7 Å². The van der Waals surface area contributed by atoms with Crippen LogP contribution in [-0.2, 0) is 17.6 Å². The van der Waals surface area contributed by atoms with Gasteiger partial charge in [0, 0.05) is 64.8 Å². The van der Waals surface area contributed by atoms with E-state index in [1.807, 2.05) is 12.3 Å². The van der Waals surface area contributed by atoms with Crippen LogP contribution in [0.4, 0.5) is 5.69 Å². The van der Waals surface area contributed by atoms with E-state index in [9.17, 15) is 14.7 Å². The van der Waals surface area contributed by atoms with Crippen LogP contribution >= 0.6 is 0 Å². The fourth-order valence-electron chi connectivity index (χ4n) is 5.00. The molecule has 3 heterocycles. The number of carbonyl (C=O) groups excluding carboxylic acids is 2. The number of carbonyl (C=O) groups is 2. The summed E-state index contributed by atoms with van der Waals surface area (Å²) in [6, 6.07) is 2.15. The number of allylic oxidation sites excluding steroid dienone is 1. The van der Waals surface area contributed by atoms with E-state index < -0.39 is 0 Å². The summed E-state index contributed by atoms with van der Waals surface area (Å²) in [6.45, 7) is 0.129. The average molecular weight is 397 g/mol. The van der Waals surface area contributed by atoms with Crippen molar-refractivity contribution in [3.05, 3.63) is 45.0 Å². The van der Waals surface area contributed by atoms with Gasteiger partial charge in [-0.25, -0.2) is 0 Å². The van der Waals surface area contributed by atoms with Crippen molar-refractivity contribution in [2.75, 3.05) is 13.7 Å². The van der Waals surface area contributed by atoms with E-state index in [2.05, 4.69) is 16.0 Å². The Bertz CT molecular complexity index is 1500. The number of nitrogens with one attached hydrogen (secondary N) is 1. The van der Waals surface area contributed by atoms with Crippen LogP contribution < -0.4 is 10.4 Å². The van der Waals surface area contributed by atoms with Gasteiger partial charge in [-0.1, -0.05) is 0 Å². The van der Waals surface area contributed by atoms with E-state index >= 15 is 0 Å². The number of aromatic nitrogens is 1. The van der Waals surface area contributed by atoms with Crippen LogP contribution in [0.15, 0.2) is 17.1 Å². The summed E-state index contributed by atoms with van der Waals surface area (Å²) in [5.41, 5.74) is 5.29. The van der Waals surface area contributed by atoms with Crippen LogP contribution in [0, 0.1) is 0 Å². The Morgan fingerprint density at radius 2 is 2.07 bits per heavy atom. The molecule has 0 saturated carbocycles. The number of benzene rings is 2. The van der Waals surface area contributed by atoms with Gasteiger partial charge in [0.15, 0.2) is 5.78 Å². The Labute approximate surface area is 171 Å². The molecule has 2 N–H and O–H groups in total. The molecule has 0 fully saturated rings. The van der Waals surface area contributed by atoms with Gasteiger partial charge >= 0.3 is 0 Å². The van der Waals surface area contributed by atoms with E-state index in [0.29, 0.717) is 12.0 Å². The fraction of sp³-hybridized carbons (Fsp3) is 0.208. The summed E-state index contributed by atoms with van der Waals surface area (Å²) in [7, 11) is 1.76. The lowest BCUT2D eigenvalue weighted by Gasteiger charge is -2.12. The zero-order chi connectivity index (χ0) is 20.6. The van der Waals surface area contributed by atoms with Gasteiger partial charge in [-0.2, -0.15) is 0 Å². The van der Waals surface area contributed by atoms with Crippen molar-refractivity contribution in [1.82, 2.24) is 9.88 Å². The lowest BCUT2D eigenvalue weighted by atomic mass is 9.91. The summed E-state index contributed by atoms with van der Waals surface area (Å²) >= 11 is 0. The highest BCUT2D eigenvalue weighted by atomic mass is 16.3. The van der Waals surface area contributed by atoms with Crippen LogP contribution in [-0.4, -0.2) is 46.5 Å². The molecule has 1 amide bonds. The number of aromatic amines is 1. The molecule has 3 aliphatic rings. The maximum atomic E-state index is 13.1. The molecule has 1 aliphatic carbocycles. The Balaban J connectivity index is 1.84. The second kappa shape index (κ2) is 6.00. The van der Waals surface area contributed by atoms with Gasteiger partial charge < -0.3 is 15.0 Å². The molecule has 0 saturated heterocycles. The predicted molar refractivity (Wildman–Crippen MR) is 117 cm³/mol. The molecule has 6 rings (SSSR count). The molecular weight excluding hydrogens is 378 g/mol. The molecule has 2 aromatic carbocycles. The van der Waals surface area contributed by atoms with Crippen LogP contribution in [0.3, 0.4) is 0 Å². The first kappa shape index (κ1) is 17.4. The second-order valence-electron chi connectivity index (χ2n) is 8.07. The maximum Gasteiger partial charge on any atom is 0.258 e. The number of hydrogen-bond donors (Lipinski definition) is 2. The summed E-state index contributed by atoms with van der Waals surface area (Å²) in [5, 5.41) is 14.1. The number of amides is 1. The van der Waals surface area contributed by atoms with Gasteiger partial charge in [0.1, 0.15) is 0 Å². The average Bonchev–Trinajstić information content (AvgIpc) is 3.43. The Morgan fingerprint density at radius 1 is 1.20 bits per heavy atom. The first-order valence-corrected chi connectivity index (χ1v) is 10.1. The molecule has 6 heteroatoms. The minimum atomic E-state index is -0.0650. The third kappa shape index (κ3) is 2.14. The largest absolute Gasteiger partial charge is 0.396 e. The smallest absolute Gasteiger partial charge is 0.258 e. The van der Waals surface area contributed by atoms with Gasteiger partial charge in [0.25, 0.3) is 5.91 Å². The highest BCUT2D eigenvalue weighted by molar-refractivity contribution is 6.24. The number of fused-ring (bicyclic) bond motifs is 10. The molecule has 148 valence electrons. The topological polar surface area (TPSA) is 85.8 Å². The van der Waals surface area contributed by atoms with E-state index in [1.54, 1.807) is 30.3 Å². The SMILES string of the molecule is CN1C=c2c(c3c4c([nH]c3c3cc(CCCO)c5c(c23)N=CC=5)C=CC(=O)C4)C1=O. The molecule has 2 aliphatic heterocycles. The molecular formula is C24H19N3O3. The first-order valence-electron chi connectivity index (χ1n) is 10.1. The minimum Gasteiger partial charge on any atom is -0.396 e. The van der Waals surface area contributed by atoms with Crippen molar-refractivity contribution >= 4 is 63.6 Å². The van der Waals surface area contributed by atoms with E-state index in [1.165, 1.54) is 0 Å². The number of aliphatic hydroxyl groups is 1. The molecule has 6 nitrogen and oxygen atoms in total. The minimum absolute atomic E-state index is 0.0387. The predicted octanol–water partition coefficient (Wildman–Crippen LogP) is 1.70. The fourth-order valence-corrected chi connectivity index (χ4v) is 5.00. The van der Waals surface area contributed by atoms with Crippen LogP contribution in [0.5, 0.6) is 0 Å². The molecule has 1 aromatic heterocycles. The van der Waals surface area contributed by atoms with Crippen molar-refractivity contribution in [2.24, 2.45) is 4.99 Å². The lowest BCUT2D eigenvalue weighted by molar-refractivity contribution is -0.114. The van der Waals surface area contributed by atoms with Crippen LogP contribution in [0.2, 0.25) is 0 Å². The summed E-state index contributed by atoms with van der Waals surface area (Å²) in [4.78, 5) is 35.0. The summed E-state index contributed by atoms with van der Waals surface area (Å²) in [6.07, 6.45) is 10.8. The first-order chi connectivity index (χ1) is 14.6. The van der Waals surface area contributed by atoms with Crippen molar-refractivity contribution in [2.45, 2.75) is 19.3 Å². The third-order valence-corrected chi connectivity index (χ3v) is 6.31. The van der Waals surface area contributed by atoms with E-state index in [4.69, 9.17) is 0 Å². The molecule has 0 atom stereocenters. The van der Waals surface area contributed by atoms with Crippen molar-refractivity contribution in [1.29, 1.82) is 0 Å². The number of rotatable bonds is 3. The molecule has 3 aromatic rings. The Morgan fingerprint density at radius 3 is 2.90 bits per heavy atom. The monoisotopic (exact) mass is 397 g/mol. The highest BCUT2D eigenvalue weighted by Gasteiger charge is 2.30. The number of nitrogens with zero attached hydrogens (tertiary/aromatic N) is 2. The van der Waals surface area contributed by atoms with Crippen molar-refractivity contribution in [3.8, 4) is 0 Å². The van der Waals surface area contributed by atoms with Gasteiger partial charge in [0.2, 0.25) is 0 Å². The molecule has 0 bridgehead atoms. The van der Waals surface area contributed by atoms with Gasteiger partial charge in [-0.15, -0.1) is 0 Å². The number of ketones is 1. The van der Waals surface area contributed by atoms with Gasteiger partial charge in [-0.05, 0) is 48.3 Å². The molecule has 0 spiro atoms. The number of aliphatic hydroxyl groups excluding tert-OH is 1. The normalized spacial score (nSPS) is 16.3. The zero-order valence-electron chi connectivity index (χ0n) is 16.5. The number of H-pyrrole nitrogens is 1. The zero-order valence-corrected chi connectivity index (χ0v) is 16.5. The molecule has 0 radical (unpaired) electrons. The molecule has 0 unspecified atom stereocenters. The quantitative estimate of drug-likeness (QED) is 0.706. The number of aliphatic imine (C=N–C) groups is 1. The van der Waals surface area contributed by atoms with E-state index in [0.717, 1.165) is 61.0 Å².